The van der Waals surface area contributed by atoms with Crippen LogP contribution in [0.3, 0.4) is 0 Å². The van der Waals surface area contributed by atoms with Crippen LogP contribution in [0, 0.1) is 18.3 Å². The minimum atomic E-state index is 0. The van der Waals surface area contributed by atoms with E-state index < -0.39 is 0 Å². The summed E-state index contributed by atoms with van der Waals surface area (Å²) < 4.78 is 5.43. The Morgan fingerprint density at radius 3 is 2.52 bits per heavy atom. The number of terminal acetylenes is 1. The molecule has 0 saturated carbocycles. The fourth-order valence-corrected chi connectivity index (χ4v) is 2.42. The van der Waals surface area contributed by atoms with Crippen molar-refractivity contribution < 1.29 is 4.74 Å². The molecule has 0 bridgehead atoms. The second-order valence-electron chi connectivity index (χ2n) is 5.44. The van der Waals surface area contributed by atoms with Gasteiger partial charge in [-0.05, 0) is 12.3 Å². The molecule has 1 unspecified atom stereocenters. The molecule has 0 radical (unpaired) electrons. The fourth-order valence-electron chi connectivity index (χ4n) is 2.42. The number of aliphatic imine (C=N–C) groups is 1. The molecule has 0 spiro atoms. The largest absolute Gasteiger partial charge is 0.379 e. The van der Waals surface area contributed by atoms with Crippen LogP contribution in [0.1, 0.15) is 20.3 Å². The molecular weight excluding hydrogens is 379 g/mol. The van der Waals surface area contributed by atoms with E-state index in [9.17, 15) is 0 Å². The Hall–Kier alpha value is -0.520. The lowest BCUT2D eigenvalue weighted by molar-refractivity contribution is 0.0132. The van der Waals surface area contributed by atoms with Crippen molar-refractivity contribution in [2.45, 2.75) is 26.3 Å². The second kappa shape index (κ2) is 12.1. The highest BCUT2D eigenvalue weighted by Gasteiger charge is 2.21. The summed E-state index contributed by atoms with van der Waals surface area (Å²) in [5.74, 6) is 4.00. The molecule has 2 N–H and O–H groups in total. The molecule has 0 aliphatic carbocycles. The highest BCUT2D eigenvalue weighted by atomic mass is 127. The van der Waals surface area contributed by atoms with Crippen molar-refractivity contribution in [3.63, 3.8) is 0 Å². The number of hydrogen-bond acceptors (Lipinski definition) is 3. The van der Waals surface area contributed by atoms with Crippen LogP contribution in [0.15, 0.2) is 4.99 Å². The summed E-state index contributed by atoms with van der Waals surface area (Å²) in [5, 5.41) is 6.46. The fraction of sp³-hybridized carbons (Fsp3) is 0.800. The van der Waals surface area contributed by atoms with Gasteiger partial charge in [-0.1, -0.05) is 19.8 Å². The Balaban J connectivity index is 0.00000400. The Kier molecular flexibility index (Phi) is 11.8. The van der Waals surface area contributed by atoms with Gasteiger partial charge in [-0.25, -0.2) is 0 Å². The van der Waals surface area contributed by atoms with E-state index in [0.717, 1.165) is 38.8 Å². The SMILES string of the molecule is C#CCNC(=NC)NCC(CC(C)C)N1CCOCC1.I. The van der Waals surface area contributed by atoms with Crippen molar-refractivity contribution in [1.29, 1.82) is 0 Å². The average molecular weight is 408 g/mol. The number of hydrogen-bond donors (Lipinski definition) is 2. The van der Waals surface area contributed by atoms with Gasteiger partial charge in [-0.3, -0.25) is 9.89 Å². The summed E-state index contributed by atoms with van der Waals surface area (Å²) in [6.45, 7) is 9.58. The first kappa shape index (κ1) is 20.5. The summed E-state index contributed by atoms with van der Waals surface area (Å²) in [7, 11) is 1.76. The van der Waals surface area contributed by atoms with E-state index in [1.165, 1.54) is 6.42 Å². The number of ether oxygens (including phenoxy) is 1. The van der Waals surface area contributed by atoms with E-state index in [0.29, 0.717) is 18.5 Å². The molecule has 1 aliphatic rings. The zero-order chi connectivity index (χ0) is 14.8. The topological polar surface area (TPSA) is 48.9 Å². The molecule has 0 aromatic rings. The quantitative estimate of drug-likeness (QED) is 0.300. The predicted octanol–water partition coefficient (Wildman–Crippen LogP) is 1.15. The van der Waals surface area contributed by atoms with Gasteiger partial charge in [-0.15, -0.1) is 30.4 Å². The number of nitrogens with one attached hydrogen (secondary N) is 2. The van der Waals surface area contributed by atoms with Crippen molar-refractivity contribution in [2.75, 3.05) is 46.4 Å². The number of morpholine rings is 1. The van der Waals surface area contributed by atoms with Gasteiger partial charge in [0.25, 0.3) is 0 Å². The normalized spacial score (nSPS) is 17.8. The molecule has 6 heteroatoms. The lowest BCUT2D eigenvalue weighted by atomic mass is 10.0. The third-order valence-corrected chi connectivity index (χ3v) is 3.39. The third kappa shape index (κ3) is 8.49. The Labute approximate surface area is 146 Å². The standard InChI is InChI=1S/C15H28N4O.HI/c1-5-6-17-15(16-4)18-12-14(11-13(2)3)19-7-9-20-10-8-19;/h1,13-14H,6-12H2,2-4H3,(H2,16,17,18);1H. The number of guanidine groups is 1. The molecular formula is C15H29IN4O. The lowest BCUT2D eigenvalue weighted by Crippen LogP contribution is -2.51. The number of nitrogens with zero attached hydrogens (tertiary/aromatic N) is 2. The van der Waals surface area contributed by atoms with Crippen LogP contribution in [0.5, 0.6) is 0 Å². The van der Waals surface area contributed by atoms with Crippen LogP contribution in [-0.2, 0) is 4.74 Å². The van der Waals surface area contributed by atoms with Gasteiger partial charge in [0.1, 0.15) is 0 Å². The van der Waals surface area contributed by atoms with Gasteiger partial charge < -0.3 is 15.4 Å². The zero-order valence-corrected chi connectivity index (χ0v) is 15.7. The highest BCUT2D eigenvalue weighted by molar-refractivity contribution is 14.0. The van der Waals surface area contributed by atoms with Crippen molar-refractivity contribution in [2.24, 2.45) is 10.9 Å². The summed E-state index contributed by atoms with van der Waals surface area (Å²) >= 11 is 0. The molecule has 5 nitrogen and oxygen atoms in total. The number of halogens is 1. The molecule has 0 aromatic heterocycles. The van der Waals surface area contributed by atoms with Gasteiger partial charge in [0.2, 0.25) is 0 Å². The van der Waals surface area contributed by atoms with Gasteiger partial charge >= 0.3 is 0 Å². The van der Waals surface area contributed by atoms with Crippen LogP contribution in [-0.4, -0.2) is 63.3 Å². The van der Waals surface area contributed by atoms with Gasteiger partial charge in [0.05, 0.1) is 19.8 Å². The van der Waals surface area contributed by atoms with Crippen molar-refractivity contribution >= 4 is 29.9 Å². The molecule has 1 aliphatic heterocycles. The Morgan fingerprint density at radius 2 is 2.00 bits per heavy atom. The first-order chi connectivity index (χ1) is 9.67. The molecule has 1 heterocycles. The van der Waals surface area contributed by atoms with Crippen LogP contribution >= 0.6 is 24.0 Å². The minimum Gasteiger partial charge on any atom is -0.379 e. The first-order valence-corrected chi connectivity index (χ1v) is 7.37. The highest BCUT2D eigenvalue weighted by Crippen LogP contribution is 2.12. The maximum absolute atomic E-state index is 5.43. The van der Waals surface area contributed by atoms with Crippen molar-refractivity contribution in [3.8, 4) is 12.3 Å². The lowest BCUT2D eigenvalue weighted by Gasteiger charge is -2.35. The van der Waals surface area contributed by atoms with Crippen LogP contribution in [0.25, 0.3) is 0 Å². The Bertz CT molecular complexity index is 335. The summed E-state index contributed by atoms with van der Waals surface area (Å²) in [5.41, 5.74) is 0. The summed E-state index contributed by atoms with van der Waals surface area (Å²) in [6.07, 6.45) is 6.42. The molecule has 0 aromatic carbocycles. The van der Waals surface area contributed by atoms with Gasteiger partial charge in [0.15, 0.2) is 5.96 Å². The second-order valence-corrected chi connectivity index (χ2v) is 5.44. The maximum Gasteiger partial charge on any atom is 0.191 e. The zero-order valence-electron chi connectivity index (χ0n) is 13.4. The van der Waals surface area contributed by atoms with E-state index in [1.54, 1.807) is 7.05 Å². The van der Waals surface area contributed by atoms with Crippen LogP contribution in [0.4, 0.5) is 0 Å². The molecule has 1 saturated heterocycles. The van der Waals surface area contributed by atoms with Crippen LogP contribution in [0.2, 0.25) is 0 Å². The van der Waals surface area contributed by atoms with E-state index >= 15 is 0 Å². The molecule has 1 rings (SSSR count). The molecule has 21 heavy (non-hydrogen) atoms. The average Bonchev–Trinajstić information content (AvgIpc) is 2.46. The number of rotatable bonds is 6. The summed E-state index contributed by atoms with van der Waals surface area (Å²) in [4.78, 5) is 6.68. The Morgan fingerprint density at radius 1 is 1.33 bits per heavy atom. The van der Waals surface area contributed by atoms with Crippen LogP contribution < -0.4 is 10.6 Å². The van der Waals surface area contributed by atoms with E-state index in [2.05, 4.69) is 40.3 Å². The molecule has 1 fully saturated rings. The van der Waals surface area contributed by atoms with Gasteiger partial charge in [0, 0.05) is 32.7 Å². The molecule has 122 valence electrons. The van der Waals surface area contributed by atoms with E-state index in [1.807, 2.05) is 0 Å². The smallest absolute Gasteiger partial charge is 0.191 e. The third-order valence-electron chi connectivity index (χ3n) is 3.39. The molecule has 1 atom stereocenters. The first-order valence-electron chi connectivity index (χ1n) is 7.37. The maximum atomic E-state index is 5.43. The van der Waals surface area contributed by atoms with Gasteiger partial charge in [-0.2, -0.15) is 0 Å². The van der Waals surface area contributed by atoms with E-state index in [-0.39, 0.29) is 24.0 Å². The van der Waals surface area contributed by atoms with Crippen molar-refractivity contribution in [1.82, 2.24) is 15.5 Å². The predicted molar refractivity (Wildman–Crippen MR) is 99.2 cm³/mol. The van der Waals surface area contributed by atoms with Crippen molar-refractivity contribution in [3.05, 3.63) is 0 Å². The molecule has 0 amide bonds. The van der Waals surface area contributed by atoms with E-state index in [4.69, 9.17) is 11.2 Å². The minimum absolute atomic E-state index is 0. The monoisotopic (exact) mass is 408 g/mol. The summed E-state index contributed by atoms with van der Waals surface area (Å²) in [6, 6.07) is 0.503.